The smallest absolute Gasteiger partial charge is 0.130 e. The maximum Gasteiger partial charge on any atom is 0.130 e. The van der Waals surface area contributed by atoms with Gasteiger partial charge in [-0.1, -0.05) is 128 Å². The average Bonchev–Trinajstić information content (AvgIpc) is 3.14. The Hall–Kier alpha value is -4.55. The summed E-state index contributed by atoms with van der Waals surface area (Å²) in [4.78, 5) is 1.62. The molecular weight excluding hydrogens is 749 g/mol. The van der Waals surface area contributed by atoms with Crippen LogP contribution in [-0.4, -0.2) is 30.0 Å². The molecule has 6 heteroatoms. The van der Waals surface area contributed by atoms with E-state index in [2.05, 4.69) is 137 Å². The van der Waals surface area contributed by atoms with Gasteiger partial charge in [-0.2, -0.15) is 0 Å². The van der Waals surface area contributed by atoms with Gasteiger partial charge in [0.1, 0.15) is 28.7 Å². The number of phenolic OH excluding ortho intramolecular Hbond substituents is 2. The zero-order valence-electron chi connectivity index (χ0n) is 37.8. The molecule has 0 heterocycles. The Morgan fingerprint density at radius 2 is 0.831 bits per heavy atom. The third kappa shape index (κ3) is 9.75. The Morgan fingerprint density at radius 1 is 0.492 bits per heavy atom. The number of rotatable bonds is 8. The third-order valence-electron chi connectivity index (χ3n) is 11.4. The van der Waals surface area contributed by atoms with Gasteiger partial charge in [-0.05, 0) is 112 Å². The normalized spacial score (nSPS) is 13.3. The largest absolute Gasteiger partial charge is 0.507 e. The van der Waals surface area contributed by atoms with Crippen molar-refractivity contribution in [3.05, 3.63) is 133 Å². The van der Waals surface area contributed by atoms with Crippen LogP contribution >= 0.6 is 11.8 Å². The molecule has 314 valence electrons. The van der Waals surface area contributed by atoms with Gasteiger partial charge >= 0.3 is 0 Å². The first-order chi connectivity index (χ1) is 27.7. The number of phenols is 2. The minimum Gasteiger partial charge on any atom is -0.507 e. The van der Waals surface area contributed by atoms with Crippen LogP contribution in [0.5, 0.6) is 28.7 Å². The molecule has 0 saturated heterocycles. The van der Waals surface area contributed by atoms with Crippen molar-refractivity contribution in [3.63, 3.8) is 0 Å². The Bertz CT molecular complexity index is 2320. The lowest BCUT2D eigenvalue weighted by molar-refractivity contribution is 0.327. The molecule has 5 nitrogen and oxygen atoms in total. The van der Waals surface area contributed by atoms with Crippen LogP contribution in [0.15, 0.2) is 76.5 Å². The van der Waals surface area contributed by atoms with Crippen molar-refractivity contribution in [1.29, 1.82) is 0 Å². The van der Waals surface area contributed by atoms with Crippen LogP contribution in [0.4, 0.5) is 0 Å². The van der Waals surface area contributed by atoms with E-state index in [0.29, 0.717) is 61.5 Å². The first-order valence-electron chi connectivity index (χ1n) is 21.4. The lowest BCUT2D eigenvalue weighted by Crippen LogP contribution is -2.17. The Kier molecular flexibility index (Phi) is 12.8. The van der Waals surface area contributed by atoms with E-state index in [1.165, 1.54) is 28.5 Å². The van der Waals surface area contributed by atoms with Crippen molar-refractivity contribution in [2.45, 2.75) is 142 Å². The lowest BCUT2D eigenvalue weighted by atomic mass is 9.80. The zero-order chi connectivity index (χ0) is 43.0. The SMILES string of the molecule is CCOc1c2cc(C(C)(C)C)cc1Cc1cc(C(C)(C)C)cc(c1OCC)Cc1cc(C(C)(C)C)cc(c1OCC)Cc1c(O)c(cc(O)c1Sc1ccc(C)cc1)C2. The van der Waals surface area contributed by atoms with Crippen LogP contribution in [0.3, 0.4) is 0 Å². The van der Waals surface area contributed by atoms with E-state index in [1.807, 2.05) is 13.8 Å². The van der Waals surface area contributed by atoms with Crippen LogP contribution in [0.1, 0.15) is 150 Å². The standard InChI is InChI=1S/C53H66O5S/c1-14-56-47-34-21-33-31-45(54)50(59-43-19-17-32(4)18-20-43)44(46(33)55)30-39-29-42(53(11,12)13)28-38(49(39)58-16-3)23-37-27-41(52(8,9)10)26-36(48(37)57-15-2)22-35(47)25-40(24-34)51(5,6)7/h17-20,24-29,31,54-55H,14-16,21-23,30H2,1-13H3. The first kappa shape index (κ1) is 44.0. The molecule has 0 saturated carbocycles. The second-order valence-corrected chi connectivity index (χ2v) is 20.3. The quantitative estimate of drug-likeness (QED) is 0.149. The van der Waals surface area contributed by atoms with Crippen LogP contribution in [-0.2, 0) is 41.9 Å². The van der Waals surface area contributed by atoms with E-state index < -0.39 is 0 Å². The van der Waals surface area contributed by atoms with E-state index >= 15 is 0 Å². The molecule has 5 aromatic carbocycles. The number of ether oxygens (including phenoxy) is 3. The van der Waals surface area contributed by atoms with Crippen molar-refractivity contribution >= 4 is 11.8 Å². The molecule has 0 atom stereocenters. The van der Waals surface area contributed by atoms with Crippen molar-refractivity contribution < 1.29 is 24.4 Å². The topological polar surface area (TPSA) is 68.2 Å². The van der Waals surface area contributed by atoms with Crippen molar-refractivity contribution in [2.24, 2.45) is 0 Å². The highest BCUT2D eigenvalue weighted by Gasteiger charge is 2.29. The minimum atomic E-state index is -0.176. The summed E-state index contributed by atoms with van der Waals surface area (Å²) < 4.78 is 20.0. The van der Waals surface area contributed by atoms with Gasteiger partial charge in [0, 0.05) is 41.7 Å². The van der Waals surface area contributed by atoms with E-state index in [4.69, 9.17) is 14.2 Å². The van der Waals surface area contributed by atoms with Gasteiger partial charge in [0.25, 0.3) is 0 Å². The summed E-state index contributed by atoms with van der Waals surface area (Å²) in [7, 11) is 0. The van der Waals surface area contributed by atoms with E-state index in [1.54, 1.807) is 6.07 Å². The number of aromatic hydroxyl groups is 2. The number of fused-ring (bicyclic) bond motifs is 8. The molecule has 1 aliphatic carbocycles. The van der Waals surface area contributed by atoms with Gasteiger partial charge < -0.3 is 24.4 Å². The molecule has 8 bridgehead atoms. The van der Waals surface area contributed by atoms with E-state index in [0.717, 1.165) is 61.1 Å². The van der Waals surface area contributed by atoms with Crippen molar-refractivity contribution in [3.8, 4) is 28.7 Å². The molecule has 0 aliphatic heterocycles. The maximum absolute atomic E-state index is 12.6. The molecule has 0 fully saturated rings. The van der Waals surface area contributed by atoms with Crippen molar-refractivity contribution in [2.75, 3.05) is 19.8 Å². The highest BCUT2D eigenvalue weighted by atomic mass is 32.2. The Balaban J connectivity index is 1.76. The molecular formula is C53H66O5S. The summed E-state index contributed by atoms with van der Waals surface area (Å²) in [6.07, 6.45) is 1.90. The predicted octanol–water partition coefficient (Wildman–Crippen LogP) is 13.3. The van der Waals surface area contributed by atoms with Crippen LogP contribution in [0, 0.1) is 6.92 Å². The third-order valence-corrected chi connectivity index (χ3v) is 12.5. The second kappa shape index (κ2) is 17.2. The number of aryl methyl sites for hydroxylation is 1. The summed E-state index contributed by atoms with van der Waals surface area (Å²) in [6, 6.07) is 23.8. The van der Waals surface area contributed by atoms with Crippen LogP contribution in [0.2, 0.25) is 0 Å². The summed E-state index contributed by atoms with van der Waals surface area (Å²) in [5.74, 6) is 2.86. The lowest BCUT2D eigenvalue weighted by Gasteiger charge is -2.28. The second-order valence-electron chi connectivity index (χ2n) is 19.3. The van der Waals surface area contributed by atoms with Crippen molar-refractivity contribution in [1.82, 2.24) is 0 Å². The maximum atomic E-state index is 12.6. The number of hydrogen-bond acceptors (Lipinski definition) is 6. The number of hydrogen-bond donors (Lipinski definition) is 2. The molecule has 59 heavy (non-hydrogen) atoms. The monoisotopic (exact) mass is 814 g/mol. The van der Waals surface area contributed by atoms with Crippen LogP contribution in [0.25, 0.3) is 0 Å². The fourth-order valence-corrected chi connectivity index (χ4v) is 9.00. The highest BCUT2D eigenvalue weighted by Crippen LogP contribution is 2.48. The molecule has 1 aliphatic rings. The van der Waals surface area contributed by atoms with Gasteiger partial charge in [-0.3, -0.25) is 0 Å². The van der Waals surface area contributed by atoms with Crippen LogP contribution < -0.4 is 14.2 Å². The van der Waals surface area contributed by atoms with Gasteiger partial charge in [0.2, 0.25) is 0 Å². The molecule has 0 aromatic heterocycles. The fourth-order valence-electron chi connectivity index (χ4n) is 8.04. The van der Waals surface area contributed by atoms with Gasteiger partial charge in [-0.25, -0.2) is 0 Å². The molecule has 0 unspecified atom stereocenters. The molecule has 2 N–H and O–H groups in total. The molecule has 0 radical (unpaired) electrons. The van der Waals surface area contributed by atoms with Gasteiger partial charge in [0.15, 0.2) is 0 Å². The summed E-state index contributed by atoms with van der Waals surface area (Å²) in [5, 5.41) is 24.7. The summed E-state index contributed by atoms with van der Waals surface area (Å²) in [6.45, 7) is 29.9. The average molecular weight is 815 g/mol. The fraction of sp³-hybridized carbons (Fsp3) is 0.434. The summed E-state index contributed by atoms with van der Waals surface area (Å²) in [5.41, 5.74) is 11.9. The first-order valence-corrected chi connectivity index (χ1v) is 22.2. The highest BCUT2D eigenvalue weighted by molar-refractivity contribution is 7.99. The van der Waals surface area contributed by atoms with E-state index in [-0.39, 0.29) is 27.7 Å². The van der Waals surface area contributed by atoms with Gasteiger partial charge in [-0.15, -0.1) is 0 Å². The molecule has 6 rings (SSSR count). The molecule has 0 spiro atoms. The summed E-state index contributed by atoms with van der Waals surface area (Å²) >= 11 is 1.48. The minimum absolute atomic E-state index is 0.120. The Labute approximate surface area is 358 Å². The predicted molar refractivity (Wildman–Crippen MR) is 245 cm³/mol. The van der Waals surface area contributed by atoms with E-state index in [9.17, 15) is 10.2 Å². The zero-order valence-corrected chi connectivity index (χ0v) is 38.6. The molecule has 0 amide bonds. The number of benzene rings is 5. The van der Waals surface area contributed by atoms with Gasteiger partial charge in [0.05, 0.1) is 24.7 Å². The Morgan fingerprint density at radius 3 is 1.17 bits per heavy atom. The molecule has 5 aromatic rings.